The van der Waals surface area contributed by atoms with Gasteiger partial charge in [-0.25, -0.2) is 5.43 Å². The number of nitrogens with one attached hydrogen (secondary N) is 2. The molecule has 2 amide bonds. The molecule has 0 spiro atoms. The summed E-state index contributed by atoms with van der Waals surface area (Å²) in [5.74, 6) is -1.47. The van der Waals surface area contributed by atoms with Crippen LogP contribution in [-0.2, 0) is 14.4 Å². The number of carbonyl (C=O) groups excluding carboxylic acids is 2. The SMILES string of the molecule is CCCCCCCCC(=O)NN=C(C)c1cccc(NC(=O)CCC(=O)O)c1. The van der Waals surface area contributed by atoms with Crippen LogP contribution in [0.2, 0.25) is 0 Å². The van der Waals surface area contributed by atoms with Crippen LogP contribution in [0.1, 0.15) is 77.2 Å². The van der Waals surface area contributed by atoms with Crippen LogP contribution >= 0.6 is 0 Å². The van der Waals surface area contributed by atoms with Crippen LogP contribution in [-0.4, -0.2) is 28.6 Å². The molecule has 0 aliphatic rings. The number of benzene rings is 1. The van der Waals surface area contributed by atoms with Crippen molar-refractivity contribution in [2.75, 3.05) is 5.32 Å². The molecule has 0 saturated heterocycles. The van der Waals surface area contributed by atoms with Crippen molar-refractivity contribution in [1.82, 2.24) is 5.43 Å². The van der Waals surface area contributed by atoms with Crippen LogP contribution in [0.25, 0.3) is 0 Å². The normalized spacial score (nSPS) is 11.1. The van der Waals surface area contributed by atoms with Crippen molar-refractivity contribution >= 4 is 29.2 Å². The second-order valence-corrected chi connectivity index (χ2v) is 6.77. The van der Waals surface area contributed by atoms with E-state index in [-0.39, 0.29) is 24.7 Å². The summed E-state index contributed by atoms with van der Waals surface area (Å²) >= 11 is 0. The molecule has 3 N–H and O–H groups in total. The molecule has 1 aromatic rings. The number of amides is 2. The molecule has 0 fully saturated rings. The van der Waals surface area contributed by atoms with Gasteiger partial charge in [0, 0.05) is 18.5 Å². The molecular weight excluding hydrogens is 358 g/mol. The maximum absolute atomic E-state index is 11.9. The molecule has 7 heteroatoms. The number of unbranched alkanes of at least 4 members (excludes halogenated alkanes) is 5. The lowest BCUT2D eigenvalue weighted by molar-refractivity contribution is -0.138. The maximum atomic E-state index is 11.9. The monoisotopic (exact) mass is 389 g/mol. The molecule has 154 valence electrons. The molecule has 0 radical (unpaired) electrons. The number of rotatable bonds is 13. The number of anilines is 1. The van der Waals surface area contributed by atoms with Crippen molar-refractivity contribution in [2.24, 2.45) is 5.10 Å². The molecule has 0 aliphatic heterocycles. The largest absolute Gasteiger partial charge is 0.481 e. The molecular formula is C21H31N3O4. The Bertz CT molecular complexity index is 686. The van der Waals surface area contributed by atoms with Crippen LogP contribution in [0.15, 0.2) is 29.4 Å². The predicted octanol–water partition coefficient (Wildman–Crippen LogP) is 4.08. The van der Waals surface area contributed by atoms with Crippen LogP contribution < -0.4 is 10.7 Å². The summed E-state index contributed by atoms with van der Waals surface area (Å²) in [5.41, 5.74) is 4.51. The second kappa shape index (κ2) is 13.5. The molecule has 0 heterocycles. The third-order valence-corrected chi connectivity index (χ3v) is 4.24. The second-order valence-electron chi connectivity index (χ2n) is 6.77. The number of hydrogen-bond acceptors (Lipinski definition) is 4. The van der Waals surface area contributed by atoms with Crippen LogP contribution in [0, 0.1) is 0 Å². The van der Waals surface area contributed by atoms with E-state index in [9.17, 15) is 14.4 Å². The van der Waals surface area contributed by atoms with E-state index >= 15 is 0 Å². The van der Waals surface area contributed by atoms with E-state index in [4.69, 9.17) is 5.11 Å². The smallest absolute Gasteiger partial charge is 0.303 e. The lowest BCUT2D eigenvalue weighted by Gasteiger charge is -2.07. The Labute approximate surface area is 166 Å². The zero-order valence-electron chi connectivity index (χ0n) is 16.8. The number of hydrogen-bond donors (Lipinski definition) is 3. The van der Waals surface area contributed by atoms with Gasteiger partial charge in [0.1, 0.15) is 0 Å². The number of carboxylic acid groups (broad SMARTS) is 1. The zero-order valence-corrected chi connectivity index (χ0v) is 16.8. The summed E-state index contributed by atoms with van der Waals surface area (Å²) in [6.45, 7) is 3.95. The minimum Gasteiger partial charge on any atom is -0.481 e. The van der Waals surface area contributed by atoms with E-state index in [1.807, 2.05) is 6.07 Å². The average Bonchev–Trinajstić information content (AvgIpc) is 2.67. The number of carboxylic acids is 1. The molecule has 1 aromatic carbocycles. The van der Waals surface area contributed by atoms with Crippen molar-refractivity contribution in [1.29, 1.82) is 0 Å². The fraction of sp³-hybridized carbons (Fsp3) is 0.524. The predicted molar refractivity (Wildman–Crippen MR) is 110 cm³/mol. The first-order valence-electron chi connectivity index (χ1n) is 9.87. The summed E-state index contributed by atoms with van der Waals surface area (Å²) in [7, 11) is 0. The lowest BCUT2D eigenvalue weighted by Crippen LogP contribution is -2.19. The highest BCUT2D eigenvalue weighted by molar-refractivity contribution is 6.01. The summed E-state index contributed by atoms with van der Waals surface area (Å²) < 4.78 is 0. The van der Waals surface area contributed by atoms with Gasteiger partial charge in [-0.05, 0) is 31.0 Å². The lowest BCUT2D eigenvalue weighted by atomic mass is 10.1. The highest BCUT2D eigenvalue weighted by atomic mass is 16.4. The average molecular weight is 389 g/mol. The molecule has 0 unspecified atom stereocenters. The van der Waals surface area contributed by atoms with Gasteiger partial charge in [0.25, 0.3) is 0 Å². The molecule has 0 bridgehead atoms. The number of aliphatic carboxylic acids is 1. The first-order valence-corrected chi connectivity index (χ1v) is 9.87. The minimum absolute atomic E-state index is 0.0822. The van der Waals surface area contributed by atoms with Gasteiger partial charge in [0.2, 0.25) is 11.8 Å². The van der Waals surface area contributed by atoms with Crippen molar-refractivity contribution in [3.63, 3.8) is 0 Å². The Morgan fingerprint density at radius 3 is 2.39 bits per heavy atom. The first-order chi connectivity index (χ1) is 13.4. The maximum Gasteiger partial charge on any atom is 0.303 e. The summed E-state index contributed by atoms with van der Waals surface area (Å²) in [6.07, 6.45) is 6.92. The molecule has 7 nitrogen and oxygen atoms in total. The Balaban J connectivity index is 2.46. The van der Waals surface area contributed by atoms with Gasteiger partial charge in [-0.3, -0.25) is 14.4 Å². The van der Waals surface area contributed by atoms with Crippen molar-refractivity contribution < 1.29 is 19.5 Å². The van der Waals surface area contributed by atoms with Gasteiger partial charge < -0.3 is 10.4 Å². The third-order valence-electron chi connectivity index (χ3n) is 4.24. The molecule has 0 aliphatic carbocycles. The summed E-state index contributed by atoms with van der Waals surface area (Å²) in [4.78, 5) is 34.1. The Hall–Kier alpha value is -2.70. The van der Waals surface area contributed by atoms with Crippen molar-refractivity contribution in [3.8, 4) is 0 Å². The van der Waals surface area contributed by atoms with Crippen LogP contribution in [0.5, 0.6) is 0 Å². The summed E-state index contributed by atoms with van der Waals surface area (Å²) in [5, 5.41) is 15.4. The number of hydrazone groups is 1. The zero-order chi connectivity index (χ0) is 20.8. The van der Waals surface area contributed by atoms with Crippen LogP contribution in [0.3, 0.4) is 0 Å². The highest BCUT2D eigenvalue weighted by Crippen LogP contribution is 2.12. The summed E-state index contributed by atoms with van der Waals surface area (Å²) in [6, 6.07) is 7.04. The number of carbonyl (C=O) groups is 3. The molecule has 28 heavy (non-hydrogen) atoms. The number of nitrogens with zero attached hydrogens (tertiary/aromatic N) is 1. The van der Waals surface area contributed by atoms with Gasteiger partial charge in [-0.15, -0.1) is 0 Å². The van der Waals surface area contributed by atoms with E-state index in [0.717, 1.165) is 24.8 Å². The first kappa shape index (κ1) is 23.3. The molecule has 0 saturated carbocycles. The van der Waals surface area contributed by atoms with E-state index < -0.39 is 5.97 Å². The van der Waals surface area contributed by atoms with Gasteiger partial charge in [0.05, 0.1) is 12.1 Å². The standard InChI is InChI=1S/C21H31N3O4/c1-3-4-5-6-7-8-12-20(26)24-23-16(2)17-10-9-11-18(15-17)22-19(25)13-14-21(27)28/h9-11,15H,3-8,12-14H2,1-2H3,(H,22,25)(H,24,26)(H,27,28). The highest BCUT2D eigenvalue weighted by Gasteiger charge is 2.07. The minimum atomic E-state index is -1.01. The fourth-order valence-corrected chi connectivity index (χ4v) is 2.60. The van der Waals surface area contributed by atoms with Crippen molar-refractivity contribution in [2.45, 2.75) is 71.6 Å². The Morgan fingerprint density at radius 2 is 1.68 bits per heavy atom. The molecule has 1 rings (SSSR count). The van der Waals surface area contributed by atoms with Gasteiger partial charge in [0.15, 0.2) is 0 Å². The molecule has 0 aromatic heterocycles. The quantitative estimate of drug-likeness (QED) is 0.268. The van der Waals surface area contributed by atoms with Gasteiger partial charge >= 0.3 is 5.97 Å². The van der Waals surface area contributed by atoms with Crippen molar-refractivity contribution in [3.05, 3.63) is 29.8 Å². The van der Waals surface area contributed by atoms with Gasteiger partial charge in [-0.2, -0.15) is 5.10 Å². The Morgan fingerprint density at radius 1 is 0.964 bits per heavy atom. The topological polar surface area (TPSA) is 108 Å². The Kier molecular flexibility index (Phi) is 11.2. The van der Waals surface area contributed by atoms with Gasteiger partial charge in [-0.1, -0.05) is 51.2 Å². The van der Waals surface area contributed by atoms with E-state index in [1.54, 1.807) is 25.1 Å². The van der Waals surface area contributed by atoms with E-state index in [0.29, 0.717) is 17.8 Å². The van der Waals surface area contributed by atoms with E-state index in [1.165, 1.54) is 19.3 Å². The van der Waals surface area contributed by atoms with E-state index in [2.05, 4.69) is 22.8 Å². The molecule has 0 atom stereocenters. The fourth-order valence-electron chi connectivity index (χ4n) is 2.60. The third kappa shape index (κ3) is 10.4. The van der Waals surface area contributed by atoms with Crippen LogP contribution in [0.4, 0.5) is 5.69 Å².